The van der Waals surface area contributed by atoms with E-state index in [1.807, 2.05) is 18.2 Å². The molecule has 1 unspecified atom stereocenters. The number of hydrogen-bond acceptors (Lipinski definition) is 3. The van der Waals surface area contributed by atoms with Crippen molar-refractivity contribution >= 4 is 5.97 Å². The molecule has 2 aliphatic carbocycles. The number of ether oxygens (including phenoxy) is 2. The lowest BCUT2D eigenvalue weighted by atomic mass is 9.68. The maximum absolute atomic E-state index is 12.5. The van der Waals surface area contributed by atoms with E-state index in [0.717, 1.165) is 12.8 Å². The molecule has 0 amide bonds. The van der Waals surface area contributed by atoms with Crippen molar-refractivity contribution in [2.24, 2.45) is 22.7 Å². The Morgan fingerprint density at radius 3 is 2.70 bits per heavy atom. The van der Waals surface area contributed by atoms with Crippen molar-refractivity contribution in [2.75, 3.05) is 6.61 Å². The van der Waals surface area contributed by atoms with E-state index in [1.54, 1.807) is 0 Å². The first kappa shape index (κ1) is 14.9. The van der Waals surface area contributed by atoms with Crippen LogP contribution in [0, 0.1) is 22.7 Å². The van der Waals surface area contributed by atoms with Crippen LogP contribution in [0.15, 0.2) is 42.5 Å². The molecular formula is C20H24O3. The third-order valence-corrected chi connectivity index (χ3v) is 6.13. The molecule has 1 aromatic carbocycles. The lowest BCUT2D eigenvalue weighted by Crippen LogP contribution is -2.44. The van der Waals surface area contributed by atoms with Crippen molar-refractivity contribution in [1.29, 1.82) is 0 Å². The molecule has 0 spiro atoms. The predicted octanol–water partition coefficient (Wildman–Crippen LogP) is 3.74. The molecule has 23 heavy (non-hydrogen) atoms. The zero-order valence-electron chi connectivity index (χ0n) is 13.8. The van der Waals surface area contributed by atoms with Crippen LogP contribution in [0.1, 0.15) is 32.3 Å². The quantitative estimate of drug-likeness (QED) is 0.456. The fourth-order valence-electron chi connectivity index (χ4n) is 5.07. The summed E-state index contributed by atoms with van der Waals surface area (Å²) in [6, 6.07) is 10.2. The summed E-state index contributed by atoms with van der Waals surface area (Å²) in [5.74, 6) is 0.606. The first-order valence-corrected chi connectivity index (χ1v) is 8.58. The van der Waals surface area contributed by atoms with E-state index in [-0.39, 0.29) is 28.8 Å². The molecule has 1 aromatic rings. The molecule has 3 nitrogen and oxygen atoms in total. The monoisotopic (exact) mass is 312 g/mol. The van der Waals surface area contributed by atoms with Gasteiger partial charge in [-0.15, -0.1) is 0 Å². The lowest BCUT2D eigenvalue weighted by molar-refractivity contribution is -0.166. The van der Waals surface area contributed by atoms with Gasteiger partial charge in [0.15, 0.2) is 0 Å². The maximum atomic E-state index is 12.5. The minimum atomic E-state index is -0.315. The van der Waals surface area contributed by atoms with Gasteiger partial charge in [-0.25, -0.2) is 0 Å². The van der Waals surface area contributed by atoms with Gasteiger partial charge in [-0.3, -0.25) is 4.79 Å². The Balaban J connectivity index is 1.35. The molecule has 4 rings (SSSR count). The summed E-state index contributed by atoms with van der Waals surface area (Å²) in [6.45, 7) is 5.80. The molecule has 0 aromatic heterocycles. The average Bonchev–Trinajstić information content (AvgIpc) is 3.09. The minimum absolute atomic E-state index is 0.0184. The second-order valence-corrected chi connectivity index (χ2v) is 7.72. The van der Waals surface area contributed by atoms with Crippen LogP contribution in [0.3, 0.4) is 0 Å². The lowest BCUT2D eigenvalue weighted by Gasteiger charge is -2.40. The van der Waals surface area contributed by atoms with Crippen LogP contribution < -0.4 is 0 Å². The zero-order valence-corrected chi connectivity index (χ0v) is 13.8. The predicted molar refractivity (Wildman–Crippen MR) is 87.5 cm³/mol. The van der Waals surface area contributed by atoms with Gasteiger partial charge in [-0.05, 0) is 18.4 Å². The average molecular weight is 312 g/mol. The molecule has 1 aliphatic heterocycles. The largest absolute Gasteiger partial charge is 0.461 e. The van der Waals surface area contributed by atoms with Gasteiger partial charge in [0.05, 0.1) is 12.0 Å². The van der Waals surface area contributed by atoms with Gasteiger partial charge in [-0.2, -0.15) is 0 Å². The fourth-order valence-corrected chi connectivity index (χ4v) is 5.07. The topological polar surface area (TPSA) is 35.5 Å². The van der Waals surface area contributed by atoms with Crippen LogP contribution in [0.4, 0.5) is 0 Å². The van der Waals surface area contributed by atoms with Gasteiger partial charge in [0.25, 0.3) is 0 Å². The molecule has 122 valence electrons. The van der Waals surface area contributed by atoms with Crippen LogP contribution >= 0.6 is 0 Å². The number of allylic oxidation sites excluding steroid dienone is 1. The molecule has 2 fully saturated rings. The Morgan fingerprint density at radius 1 is 1.17 bits per heavy atom. The molecule has 4 bridgehead atoms. The van der Waals surface area contributed by atoms with Gasteiger partial charge in [0, 0.05) is 23.9 Å². The van der Waals surface area contributed by atoms with Crippen LogP contribution in [0.25, 0.3) is 0 Å². The van der Waals surface area contributed by atoms with E-state index < -0.39 is 0 Å². The minimum Gasteiger partial charge on any atom is -0.461 e. The van der Waals surface area contributed by atoms with Gasteiger partial charge in [0.2, 0.25) is 0 Å². The first-order valence-electron chi connectivity index (χ1n) is 8.58. The van der Waals surface area contributed by atoms with Gasteiger partial charge in [0.1, 0.15) is 6.10 Å². The van der Waals surface area contributed by atoms with Crippen molar-refractivity contribution in [1.82, 2.24) is 0 Å². The molecule has 4 atom stereocenters. The van der Waals surface area contributed by atoms with Gasteiger partial charge < -0.3 is 9.47 Å². The third-order valence-electron chi connectivity index (χ3n) is 6.13. The second-order valence-electron chi connectivity index (χ2n) is 7.72. The Morgan fingerprint density at radius 2 is 1.96 bits per heavy atom. The van der Waals surface area contributed by atoms with Crippen molar-refractivity contribution in [3.05, 3.63) is 48.0 Å². The Kier molecular flexibility index (Phi) is 3.38. The highest BCUT2D eigenvalue weighted by atomic mass is 16.6. The summed E-state index contributed by atoms with van der Waals surface area (Å²) in [6.07, 6.45) is 6.31. The SMILES string of the molecule is CC1(C)[C@H]2C=C[C@H]3[C@@H]1OC(=O)C23CCCOCc1ccccc1. The van der Waals surface area contributed by atoms with E-state index in [1.165, 1.54) is 5.56 Å². The molecule has 3 aliphatic rings. The number of carbonyl (C=O) groups excluding carboxylic acids is 1. The highest BCUT2D eigenvalue weighted by Gasteiger charge is 2.74. The standard InChI is InChI=1S/C20H24O3/c1-19(2)16-10-9-15-17(19)23-18(21)20(15,16)11-6-12-22-13-14-7-4-3-5-8-14/h3-5,7-10,15-17H,6,11-13H2,1-2H3/t15-,16+,17-,20?/m0/s1. The Labute approximate surface area is 137 Å². The van der Waals surface area contributed by atoms with Crippen molar-refractivity contribution in [3.63, 3.8) is 0 Å². The number of benzene rings is 1. The van der Waals surface area contributed by atoms with E-state index in [0.29, 0.717) is 19.1 Å². The summed E-state index contributed by atoms with van der Waals surface area (Å²) in [4.78, 5) is 12.5. The Hall–Kier alpha value is -1.61. The van der Waals surface area contributed by atoms with Crippen LogP contribution in [-0.2, 0) is 20.9 Å². The Bertz CT molecular complexity index is 634. The molecular weight excluding hydrogens is 288 g/mol. The van der Waals surface area contributed by atoms with E-state index >= 15 is 0 Å². The number of rotatable bonds is 6. The van der Waals surface area contributed by atoms with E-state index in [2.05, 4.69) is 38.1 Å². The van der Waals surface area contributed by atoms with Crippen molar-refractivity contribution in [2.45, 2.75) is 39.4 Å². The van der Waals surface area contributed by atoms with Crippen LogP contribution in [0.5, 0.6) is 0 Å². The fraction of sp³-hybridized carbons (Fsp3) is 0.550. The van der Waals surface area contributed by atoms with Gasteiger partial charge in [-0.1, -0.05) is 56.3 Å². The van der Waals surface area contributed by atoms with Crippen molar-refractivity contribution < 1.29 is 14.3 Å². The first-order chi connectivity index (χ1) is 11.1. The molecule has 1 saturated heterocycles. The molecule has 0 radical (unpaired) electrons. The van der Waals surface area contributed by atoms with Crippen LogP contribution in [0.2, 0.25) is 0 Å². The summed E-state index contributed by atoms with van der Waals surface area (Å²) in [5.41, 5.74) is 0.942. The van der Waals surface area contributed by atoms with E-state index in [9.17, 15) is 4.79 Å². The molecule has 1 heterocycles. The number of esters is 1. The zero-order chi connectivity index (χ0) is 16.1. The summed E-state index contributed by atoms with van der Waals surface area (Å²) < 4.78 is 11.5. The summed E-state index contributed by atoms with van der Waals surface area (Å²) in [7, 11) is 0. The highest BCUT2D eigenvalue weighted by Crippen LogP contribution is 2.69. The van der Waals surface area contributed by atoms with Crippen LogP contribution in [-0.4, -0.2) is 18.7 Å². The molecule has 3 heteroatoms. The number of hydrogen-bond donors (Lipinski definition) is 0. The smallest absolute Gasteiger partial charge is 0.313 e. The highest BCUT2D eigenvalue weighted by molar-refractivity contribution is 5.84. The molecule has 1 saturated carbocycles. The third kappa shape index (κ3) is 2.02. The normalized spacial score (nSPS) is 35.7. The van der Waals surface area contributed by atoms with Gasteiger partial charge >= 0.3 is 5.97 Å². The van der Waals surface area contributed by atoms with Crippen molar-refractivity contribution in [3.8, 4) is 0 Å². The summed E-state index contributed by atoms with van der Waals surface area (Å²) >= 11 is 0. The van der Waals surface area contributed by atoms with E-state index in [4.69, 9.17) is 9.47 Å². The maximum Gasteiger partial charge on any atom is 0.313 e. The number of carbonyl (C=O) groups is 1. The summed E-state index contributed by atoms with van der Waals surface area (Å²) in [5, 5.41) is 0. The molecule has 0 N–H and O–H groups in total. The second kappa shape index (κ2) is 5.20.